The molecule has 0 aliphatic carbocycles. The van der Waals surface area contributed by atoms with Crippen LogP contribution in [0.2, 0.25) is 0 Å². The molecule has 9 nitrogen and oxygen atoms in total. The number of rotatable bonds is 3. The van der Waals surface area contributed by atoms with Crippen LogP contribution in [-0.2, 0) is 13.8 Å². The first kappa shape index (κ1) is 18.2. The fourth-order valence-corrected chi connectivity index (χ4v) is 4.32. The Balaban J connectivity index is 1.51. The van der Waals surface area contributed by atoms with Crippen molar-refractivity contribution in [3.63, 3.8) is 0 Å². The first-order valence-electron chi connectivity index (χ1n) is 7.90. The van der Waals surface area contributed by atoms with E-state index in [0.717, 1.165) is 16.8 Å². The molecule has 12 heteroatoms. The molecule has 2 N–H and O–H groups in total. The summed E-state index contributed by atoms with van der Waals surface area (Å²) in [5.41, 5.74) is -1.98. The van der Waals surface area contributed by atoms with Crippen molar-refractivity contribution in [1.29, 1.82) is 0 Å². The molecule has 2 aliphatic rings. The van der Waals surface area contributed by atoms with Crippen molar-refractivity contribution < 1.29 is 32.0 Å². The van der Waals surface area contributed by atoms with Crippen molar-refractivity contribution in [2.24, 2.45) is 0 Å². The molecule has 1 aromatic heterocycles. The standard InChI is InChI=1S/C15H13F2N2O7P/c16-8-3-1-2-4-10(8)25-27(22)23-7-12-11(26-27)5-13(24-12)19-6-9(17)14(20)18-15(19)21/h1-4,6,11-13,22H,5,7H2/p+1/t11-,12+,13+,27?/m0/s1. The first-order chi connectivity index (χ1) is 12.8. The normalized spacial score (nSPS) is 30.1. The molecular weight excluding hydrogens is 389 g/mol. The number of nitrogens with one attached hydrogen (secondary N) is 1. The summed E-state index contributed by atoms with van der Waals surface area (Å²) in [6, 6.07) is 5.44. The highest BCUT2D eigenvalue weighted by Gasteiger charge is 2.59. The van der Waals surface area contributed by atoms with Gasteiger partial charge >= 0.3 is 13.9 Å². The Labute approximate surface area is 150 Å². The molecule has 0 spiro atoms. The number of aromatic amines is 1. The van der Waals surface area contributed by atoms with Gasteiger partial charge in [0, 0.05) is 6.42 Å². The van der Waals surface area contributed by atoms with Crippen LogP contribution in [0, 0.1) is 11.6 Å². The maximum absolute atomic E-state index is 13.7. The second-order valence-electron chi connectivity index (χ2n) is 5.94. The number of H-pyrrole nitrogens is 1. The fourth-order valence-electron chi connectivity index (χ4n) is 2.87. The number of halogens is 2. The molecule has 2 saturated heterocycles. The lowest BCUT2D eigenvalue weighted by Crippen LogP contribution is -2.36. The molecule has 2 aliphatic heterocycles. The minimum atomic E-state index is -3.87. The van der Waals surface area contributed by atoms with E-state index in [2.05, 4.69) is 0 Å². The summed E-state index contributed by atoms with van der Waals surface area (Å²) in [7, 11) is -3.87. The highest BCUT2D eigenvalue weighted by Crippen LogP contribution is 2.63. The smallest absolute Gasteiger partial charge is 0.349 e. The Morgan fingerprint density at radius 3 is 2.78 bits per heavy atom. The van der Waals surface area contributed by atoms with Crippen molar-refractivity contribution >= 4 is 8.17 Å². The number of aromatic nitrogens is 2. The number of nitrogens with zero attached hydrogens (tertiary/aromatic N) is 1. The second-order valence-corrected chi connectivity index (χ2v) is 7.53. The largest absolute Gasteiger partial charge is 0.619 e. The molecule has 2 fully saturated rings. The SMILES string of the molecule is O=c1[nH]c(=O)n([C@H]2C[C@@H]3O[P+](O)(Oc4ccccc4F)OC[C@H]3O2)cc1F. The van der Waals surface area contributed by atoms with Gasteiger partial charge in [-0.1, -0.05) is 12.1 Å². The predicted octanol–water partition coefficient (Wildman–Crippen LogP) is 1.27. The summed E-state index contributed by atoms with van der Waals surface area (Å²) in [5, 5.41) is 0. The van der Waals surface area contributed by atoms with Gasteiger partial charge in [-0.25, -0.2) is 9.18 Å². The minimum Gasteiger partial charge on any atom is -0.349 e. The molecule has 144 valence electrons. The van der Waals surface area contributed by atoms with Crippen LogP contribution in [0.5, 0.6) is 5.75 Å². The molecule has 0 saturated carbocycles. The van der Waals surface area contributed by atoms with Gasteiger partial charge in [0.25, 0.3) is 5.56 Å². The van der Waals surface area contributed by atoms with E-state index in [9.17, 15) is 23.3 Å². The lowest BCUT2D eigenvalue weighted by Gasteiger charge is -2.26. The Morgan fingerprint density at radius 2 is 2.00 bits per heavy atom. The molecule has 4 rings (SSSR count). The van der Waals surface area contributed by atoms with Crippen LogP contribution in [-0.4, -0.2) is 33.3 Å². The maximum Gasteiger partial charge on any atom is 0.619 e. The van der Waals surface area contributed by atoms with Gasteiger partial charge in [0.05, 0.1) is 6.20 Å². The summed E-state index contributed by atoms with van der Waals surface area (Å²) in [4.78, 5) is 35.3. The van der Waals surface area contributed by atoms with Crippen LogP contribution in [0.3, 0.4) is 0 Å². The minimum absolute atomic E-state index is 0.0579. The number of benzene rings is 1. The zero-order chi connectivity index (χ0) is 19.2. The number of hydrogen-bond acceptors (Lipinski definition) is 7. The Hall–Kier alpha value is -2.17. The topological polar surface area (TPSA) is 112 Å². The quantitative estimate of drug-likeness (QED) is 0.743. The molecule has 4 atom stereocenters. The summed E-state index contributed by atoms with van der Waals surface area (Å²) in [5.74, 6) is -2.07. The van der Waals surface area contributed by atoms with Crippen LogP contribution in [0.1, 0.15) is 12.6 Å². The molecule has 27 heavy (non-hydrogen) atoms. The number of ether oxygens (including phenoxy) is 1. The number of fused-ring (bicyclic) bond motifs is 1. The van der Waals surface area contributed by atoms with Crippen molar-refractivity contribution in [2.45, 2.75) is 24.9 Å². The zero-order valence-corrected chi connectivity index (χ0v) is 14.5. The highest BCUT2D eigenvalue weighted by molar-refractivity contribution is 7.55. The number of hydrogen-bond donors (Lipinski definition) is 2. The van der Waals surface area contributed by atoms with Gasteiger partial charge in [0.15, 0.2) is 5.82 Å². The van der Waals surface area contributed by atoms with Crippen molar-refractivity contribution in [3.05, 3.63) is 62.9 Å². The van der Waals surface area contributed by atoms with Crippen LogP contribution in [0.25, 0.3) is 0 Å². The van der Waals surface area contributed by atoms with E-state index in [1.54, 1.807) is 0 Å². The van der Waals surface area contributed by atoms with E-state index < -0.39 is 49.5 Å². The second kappa shape index (κ2) is 6.77. The molecule has 3 heterocycles. The predicted molar refractivity (Wildman–Crippen MR) is 86.8 cm³/mol. The van der Waals surface area contributed by atoms with Crippen molar-refractivity contribution in [1.82, 2.24) is 9.55 Å². The average molecular weight is 403 g/mol. The van der Waals surface area contributed by atoms with Gasteiger partial charge in [-0.3, -0.25) is 18.9 Å². The Kier molecular flexibility index (Phi) is 4.57. The monoisotopic (exact) mass is 403 g/mol. The lowest BCUT2D eigenvalue weighted by molar-refractivity contribution is -0.0749. The van der Waals surface area contributed by atoms with Gasteiger partial charge in [-0.2, -0.15) is 9.28 Å². The van der Waals surface area contributed by atoms with E-state index in [4.69, 9.17) is 18.3 Å². The fraction of sp³-hybridized carbons (Fsp3) is 0.333. The molecule has 0 bridgehead atoms. The van der Waals surface area contributed by atoms with E-state index in [0.29, 0.717) is 0 Å². The van der Waals surface area contributed by atoms with Crippen LogP contribution < -0.4 is 15.8 Å². The lowest BCUT2D eigenvalue weighted by atomic mass is 10.2. The molecule has 0 radical (unpaired) electrons. The maximum atomic E-state index is 13.7. The van der Waals surface area contributed by atoms with Crippen molar-refractivity contribution in [2.75, 3.05) is 6.61 Å². The van der Waals surface area contributed by atoms with Crippen molar-refractivity contribution in [3.8, 4) is 5.75 Å². The van der Waals surface area contributed by atoms with E-state index in [1.807, 2.05) is 4.98 Å². The first-order valence-corrected chi connectivity index (χ1v) is 9.39. The van der Waals surface area contributed by atoms with Gasteiger partial charge in [-0.15, -0.1) is 9.05 Å². The summed E-state index contributed by atoms with van der Waals surface area (Å²) >= 11 is 0. The van der Waals surface area contributed by atoms with E-state index in [-0.39, 0.29) is 18.8 Å². The van der Waals surface area contributed by atoms with Gasteiger partial charge in [0.1, 0.15) is 25.0 Å². The van der Waals surface area contributed by atoms with Gasteiger partial charge < -0.3 is 4.74 Å². The third-order valence-corrected chi connectivity index (χ3v) is 5.58. The molecule has 0 amide bonds. The van der Waals surface area contributed by atoms with Crippen LogP contribution in [0.4, 0.5) is 8.78 Å². The highest BCUT2D eigenvalue weighted by atomic mass is 31.2. The Bertz CT molecular complexity index is 983. The third-order valence-electron chi connectivity index (χ3n) is 4.14. The summed E-state index contributed by atoms with van der Waals surface area (Å²) < 4.78 is 49.5. The van der Waals surface area contributed by atoms with Crippen LogP contribution >= 0.6 is 8.17 Å². The Morgan fingerprint density at radius 1 is 1.22 bits per heavy atom. The molecular formula is C15H14F2N2O7P+. The zero-order valence-electron chi connectivity index (χ0n) is 13.6. The van der Waals surface area contributed by atoms with E-state index in [1.165, 1.54) is 18.2 Å². The molecule has 1 aromatic carbocycles. The average Bonchev–Trinajstić information content (AvgIpc) is 3.02. The summed E-state index contributed by atoms with van der Waals surface area (Å²) in [6.07, 6.45) is -1.55. The molecule has 1 unspecified atom stereocenters. The van der Waals surface area contributed by atoms with Gasteiger partial charge in [-0.05, 0) is 12.1 Å². The number of para-hydroxylation sites is 1. The van der Waals surface area contributed by atoms with E-state index >= 15 is 0 Å². The third kappa shape index (κ3) is 3.52. The van der Waals surface area contributed by atoms with Gasteiger partial charge in [0.2, 0.25) is 11.6 Å². The summed E-state index contributed by atoms with van der Waals surface area (Å²) in [6.45, 7) is -0.138. The molecule has 2 aromatic rings. The van der Waals surface area contributed by atoms with Crippen LogP contribution in [0.15, 0.2) is 40.1 Å².